The first-order chi connectivity index (χ1) is 13.8. The Labute approximate surface area is 162 Å². The lowest BCUT2D eigenvalue weighted by atomic mass is 10.1. The van der Waals surface area contributed by atoms with Gasteiger partial charge in [-0.1, -0.05) is 30.3 Å². The maximum absolute atomic E-state index is 13.3. The van der Waals surface area contributed by atoms with Crippen molar-refractivity contribution in [1.29, 1.82) is 0 Å². The third-order valence-electron chi connectivity index (χ3n) is 5.06. The van der Waals surface area contributed by atoms with Crippen LogP contribution < -0.4 is 10.2 Å². The van der Waals surface area contributed by atoms with Crippen LogP contribution in [0.4, 0.5) is 10.2 Å². The highest BCUT2D eigenvalue weighted by Crippen LogP contribution is 2.28. The van der Waals surface area contributed by atoms with Crippen molar-refractivity contribution in [3.8, 4) is 22.5 Å². The summed E-state index contributed by atoms with van der Waals surface area (Å²) in [4.78, 5) is 7.18. The van der Waals surface area contributed by atoms with Crippen LogP contribution in [0.3, 0.4) is 0 Å². The van der Waals surface area contributed by atoms with E-state index in [2.05, 4.69) is 28.4 Å². The second kappa shape index (κ2) is 7.05. The summed E-state index contributed by atoms with van der Waals surface area (Å²) in [5.74, 6) is 0.775. The van der Waals surface area contributed by atoms with Crippen LogP contribution in [0.5, 0.6) is 0 Å². The standard InChI is InChI=1S/C22H20FN5/c23-18-8-6-17(7-9-18)20-14-21-25-19(16-4-2-1-3-5-16)15-22(28(21)26-20)27-12-10-24-11-13-27/h1-9,14-15,24H,10-13H2. The van der Waals surface area contributed by atoms with Crippen molar-refractivity contribution >= 4 is 11.5 Å². The second-order valence-electron chi connectivity index (χ2n) is 6.91. The Morgan fingerprint density at radius 2 is 1.54 bits per heavy atom. The predicted molar refractivity (Wildman–Crippen MR) is 109 cm³/mol. The van der Waals surface area contributed by atoms with Crippen molar-refractivity contribution in [2.45, 2.75) is 0 Å². The molecule has 0 aliphatic carbocycles. The molecule has 0 radical (unpaired) electrons. The zero-order chi connectivity index (χ0) is 18.9. The molecule has 0 amide bonds. The van der Waals surface area contributed by atoms with Gasteiger partial charge in [0.1, 0.15) is 11.6 Å². The van der Waals surface area contributed by atoms with Crippen LogP contribution >= 0.6 is 0 Å². The minimum Gasteiger partial charge on any atom is -0.354 e. The second-order valence-corrected chi connectivity index (χ2v) is 6.91. The van der Waals surface area contributed by atoms with Crippen LogP contribution in [0, 0.1) is 5.82 Å². The van der Waals surface area contributed by atoms with Crippen molar-refractivity contribution in [1.82, 2.24) is 19.9 Å². The molecule has 5 rings (SSSR count). The van der Waals surface area contributed by atoms with E-state index >= 15 is 0 Å². The van der Waals surface area contributed by atoms with E-state index in [1.807, 2.05) is 28.8 Å². The first-order valence-electron chi connectivity index (χ1n) is 9.46. The fourth-order valence-corrected chi connectivity index (χ4v) is 3.60. The topological polar surface area (TPSA) is 45.5 Å². The number of nitrogens with one attached hydrogen (secondary N) is 1. The molecule has 2 aromatic carbocycles. The maximum atomic E-state index is 13.3. The maximum Gasteiger partial charge on any atom is 0.158 e. The van der Waals surface area contributed by atoms with E-state index in [-0.39, 0.29) is 5.82 Å². The summed E-state index contributed by atoms with van der Waals surface area (Å²) < 4.78 is 15.2. The monoisotopic (exact) mass is 373 g/mol. The average Bonchev–Trinajstić information content (AvgIpc) is 3.19. The van der Waals surface area contributed by atoms with Gasteiger partial charge >= 0.3 is 0 Å². The first-order valence-corrected chi connectivity index (χ1v) is 9.46. The largest absolute Gasteiger partial charge is 0.354 e. The lowest BCUT2D eigenvalue weighted by Crippen LogP contribution is -2.44. The molecule has 0 spiro atoms. The minimum atomic E-state index is -0.251. The van der Waals surface area contributed by atoms with Crippen molar-refractivity contribution < 1.29 is 4.39 Å². The quantitative estimate of drug-likeness (QED) is 0.596. The van der Waals surface area contributed by atoms with E-state index in [1.54, 1.807) is 12.1 Å². The Morgan fingerprint density at radius 1 is 0.821 bits per heavy atom. The smallest absolute Gasteiger partial charge is 0.158 e. The fraction of sp³-hybridized carbons (Fsp3) is 0.182. The summed E-state index contributed by atoms with van der Waals surface area (Å²) in [6.07, 6.45) is 0. The lowest BCUT2D eigenvalue weighted by Gasteiger charge is -2.29. The van der Waals surface area contributed by atoms with E-state index < -0.39 is 0 Å². The summed E-state index contributed by atoms with van der Waals surface area (Å²) in [7, 11) is 0. The SMILES string of the molecule is Fc1ccc(-c2cc3nc(-c4ccccc4)cc(N4CCNCC4)n3n2)cc1. The molecule has 1 saturated heterocycles. The molecule has 0 unspecified atom stereocenters. The third kappa shape index (κ3) is 3.12. The molecule has 2 aromatic heterocycles. The Bertz CT molecular complexity index is 1100. The molecule has 0 saturated carbocycles. The summed E-state index contributed by atoms with van der Waals surface area (Å²) in [6.45, 7) is 3.71. The van der Waals surface area contributed by atoms with Gasteiger partial charge in [-0.2, -0.15) is 9.61 Å². The van der Waals surface area contributed by atoms with E-state index in [4.69, 9.17) is 10.1 Å². The number of nitrogens with zero attached hydrogens (tertiary/aromatic N) is 4. The van der Waals surface area contributed by atoms with Crippen LogP contribution in [0.15, 0.2) is 66.7 Å². The summed E-state index contributed by atoms with van der Waals surface area (Å²) >= 11 is 0. The number of aromatic nitrogens is 3. The Kier molecular flexibility index (Phi) is 4.25. The van der Waals surface area contributed by atoms with E-state index in [0.717, 1.165) is 60.2 Å². The number of benzene rings is 2. The number of hydrogen-bond donors (Lipinski definition) is 1. The molecule has 4 aromatic rings. The number of halogens is 1. The van der Waals surface area contributed by atoms with Crippen LogP contribution in [0.1, 0.15) is 0 Å². The van der Waals surface area contributed by atoms with Crippen LogP contribution in [-0.4, -0.2) is 40.8 Å². The van der Waals surface area contributed by atoms with E-state index in [9.17, 15) is 4.39 Å². The van der Waals surface area contributed by atoms with Crippen molar-refractivity contribution in [3.63, 3.8) is 0 Å². The first kappa shape index (κ1) is 16.9. The molecule has 6 heteroatoms. The van der Waals surface area contributed by atoms with Gasteiger partial charge in [-0.15, -0.1) is 0 Å². The van der Waals surface area contributed by atoms with Gasteiger partial charge in [0.25, 0.3) is 0 Å². The van der Waals surface area contributed by atoms with Gasteiger partial charge in [0.05, 0.1) is 11.4 Å². The molecule has 1 aliphatic heterocycles. The van der Waals surface area contributed by atoms with E-state index in [1.165, 1.54) is 12.1 Å². The highest BCUT2D eigenvalue weighted by atomic mass is 19.1. The van der Waals surface area contributed by atoms with Gasteiger partial charge in [-0.05, 0) is 24.3 Å². The molecule has 0 bridgehead atoms. The summed E-state index contributed by atoms with van der Waals surface area (Å²) in [5, 5.41) is 8.18. The van der Waals surface area contributed by atoms with Crippen molar-refractivity contribution in [2.75, 3.05) is 31.1 Å². The zero-order valence-corrected chi connectivity index (χ0v) is 15.3. The zero-order valence-electron chi connectivity index (χ0n) is 15.3. The molecule has 3 heterocycles. The fourth-order valence-electron chi connectivity index (χ4n) is 3.60. The minimum absolute atomic E-state index is 0.251. The van der Waals surface area contributed by atoms with Gasteiger partial charge < -0.3 is 10.2 Å². The Morgan fingerprint density at radius 3 is 2.29 bits per heavy atom. The Balaban J connectivity index is 1.68. The van der Waals surface area contributed by atoms with E-state index in [0.29, 0.717) is 0 Å². The average molecular weight is 373 g/mol. The lowest BCUT2D eigenvalue weighted by molar-refractivity contribution is 0.580. The van der Waals surface area contributed by atoms with Gasteiger partial charge in [0, 0.05) is 49.4 Å². The normalized spacial score (nSPS) is 14.5. The number of fused-ring (bicyclic) bond motifs is 1. The molecule has 140 valence electrons. The number of hydrogen-bond acceptors (Lipinski definition) is 4. The summed E-state index contributed by atoms with van der Waals surface area (Å²) in [6, 6.07) is 20.7. The van der Waals surface area contributed by atoms with Crippen molar-refractivity contribution in [2.24, 2.45) is 0 Å². The molecule has 28 heavy (non-hydrogen) atoms. The molecule has 0 atom stereocenters. The molecular weight excluding hydrogens is 353 g/mol. The number of anilines is 1. The molecule has 5 nitrogen and oxygen atoms in total. The third-order valence-corrected chi connectivity index (χ3v) is 5.06. The van der Waals surface area contributed by atoms with Gasteiger partial charge in [-0.25, -0.2) is 9.37 Å². The molecular formula is C22H20FN5. The molecule has 1 N–H and O–H groups in total. The van der Waals surface area contributed by atoms with Crippen LogP contribution in [-0.2, 0) is 0 Å². The van der Waals surface area contributed by atoms with Gasteiger partial charge in [0.15, 0.2) is 5.65 Å². The van der Waals surface area contributed by atoms with Gasteiger partial charge in [0.2, 0.25) is 0 Å². The molecule has 1 fully saturated rings. The van der Waals surface area contributed by atoms with Gasteiger partial charge in [-0.3, -0.25) is 0 Å². The predicted octanol–water partition coefficient (Wildman–Crippen LogP) is 3.61. The number of rotatable bonds is 3. The highest BCUT2D eigenvalue weighted by molar-refractivity contribution is 5.71. The Hall–Kier alpha value is -3.25. The highest BCUT2D eigenvalue weighted by Gasteiger charge is 2.18. The van der Waals surface area contributed by atoms with Crippen LogP contribution in [0.2, 0.25) is 0 Å². The number of piperazine rings is 1. The summed E-state index contributed by atoms with van der Waals surface area (Å²) in [5.41, 5.74) is 4.45. The van der Waals surface area contributed by atoms with Crippen molar-refractivity contribution in [3.05, 3.63) is 72.5 Å². The molecule has 1 aliphatic rings. The van der Waals surface area contributed by atoms with Crippen LogP contribution in [0.25, 0.3) is 28.2 Å².